The van der Waals surface area contributed by atoms with Gasteiger partial charge >= 0.3 is 0 Å². The average molecular weight is 433 g/mol. The Bertz CT molecular complexity index is 856. The maximum absolute atomic E-state index is 12.7. The monoisotopic (exact) mass is 432 g/mol. The molecule has 6 nitrogen and oxygen atoms in total. The third-order valence-electron chi connectivity index (χ3n) is 5.72. The molecule has 1 aromatic heterocycles. The molecule has 0 atom stereocenters. The van der Waals surface area contributed by atoms with Crippen molar-refractivity contribution in [2.24, 2.45) is 0 Å². The molecule has 2 fully saturated rings. The smallest absolute Gasteiger partial charge is 0.257 e. The zero-order valence-corrected chi connectivity index (χ0v) is 17.8. The Morgan fingerprint density at radius 2 is 1.79 bits per heavy atom. The first-order valence-electron chi connectivity index (χ1n) is 10.1. The molecule has 154 valence electrons. The Morgan fingerprint density at radius 1 is 1.10 bits per heavy atom. The van der Waals surface area contributed by atoms with E-state index in [9.17, 15) is 9.59 Å². The van der Waals surface area contributed by atoms with Gasteiger partial charge in [0.25, 0.3) is 5.91 Å². The number of hydrogen-bond acceptors (Lipinski definition) is 5. The predicted octanol–water partition coefficient (Wildman–Crippen LogP) is 3.68. The molecule has 2 amide bonds. The molecule has 1 N–H and O–H groups in total. The summed E-state index contributed by atoms with van der Waals surface area (Å²) in [6.07, 6.45) is 5.56. The minimum absolute atomic E-state index is 0.108. The summed E-state index contributed by atoms with van der Waals surface area (Å²) in [6, 6.07) is 7.41. The standard InChI is InChI=1S/C21H25ClN4O2S/c22-16-7-5-15(6-8-16)20(28)24-21-23-17(14-29-21)13-19(27)26-11-9-25(10-12-26)18-3-1-2-4-18/h5-8,14,18H,1-4,9-13H2,(H,23,24,28). The van der Waals surface area contributed by atoms with Crippen LogP contribution < -0.4 is 5.32 Å². The number of piperazine rings is 1. The highest BCUT2D eigenvalue weighted by Gasteiger charge is 2.28. The molecule has 0 radical (unpaired) electrons. The van der Waals surface area contributed by atoms with Gasteiger partial charge in [-0.3, -0.25) is 19.8 Å². The molecule has 2 aliphatic rings. The molecule has 8 heteroatoms. The second-order valence-electron chi connectivity index (χ2n) is 7.64. The van der Waals surface area contributed by atoms with Crippen LogP contribution in [0.25, 0.3) is 0 Å². The fourth-order valence-electron chi connectivity index (χ4n) is 4.09. The lowest BCUT2D eigenvalue weighted by Gasteiger charge is -2.38. The van der Waals surface area contributed by atoms with Crippen molar-refractivity contribution in [1.82, 2.24) is 14.8 Å². The lowest BCUT2D eigenvalue weighted by Crippen LogP contribution is -2.51. The van der Waals surface area contributed by atoms with Crippen molar-refractivity contribution in [2.45, 2.75) is 38.1 Å². The Morgan fingerprint density at radius 3 is 2.48 bits per heavy atom. The molecule has 2 aromatic rings. The number of aromatic nitrogens is 1. The zero-order valence-electron chi connectivity index (χ0n) is 16.3. The highest BCUT2D eigenvalue weighted by atomic mass is 35.5. The largest absolute Gasteiger partial charge is 0.340 e. The SMILES string of the molecule is O=C(Nc1nc(CC(=O)N2CCN(C3CCCC3)CC2)cs1)c1ccc(Cl)cc1. The second-order valence-corrected chi connectivity index (χ2v) is 8.93. The molecule has 1 aliphatic carbocycles. The van der Waals surface area contributed by atoms with E-state index in [4.69, 9.17) is 11.6 Å². The van der Waals surface area contributed by atoms with Gasteiger partial charge in [-0.05, 0) is 37.1 Å². The zero-order chi connectivity index (χ0) is 20.2. The van der Waals surface area contributed by atoms with E-state index in [1.165, 1.54) is 37.0 Å². The van der Waals surface area contributed by atoms with Crippen molar-refractivity contribution in [3.63, 3.8) is 0 Å². The number of hydrogen-bond donors (Lipinski definition) is 1. The normalized spacial score (nSPS) is 18.2. The third kappa shape index (κ3) is 5.15. The lowest BCUT2D eigenvalue weighted by molar-refractivity contribution is -0.132. The number of thiazole rings is 1. The number of carbonyl (C=O) groups excluding carboxylic acids is 2. The van der Waals surface area contributed by atoms with Crippen LogP contribution in [0, 0.1) is 0 Å². The van der Waals surface area contributed by atoms with Gasteiger partial charge in [-0.15, -0.1) is 11.3 Å². The van der Waals surface area contributed by atoms with Gasteiger partial charge in [0, 0.05) is 48.2 Å². The molecule has 29 heavy (non-hydrogen) atoms. The van der Waals surface area contributed by atoms with E-state index in [0.29, 0.717) is 21.4 Å². The fraction of sp³-hybridized carbons (Fsp3) is 0.476. The molecule has 4 rings (SSSR count). The molecule has 0 bridgehead atoms. The van der Waals surface area contributed by atoms with Crippen molar-refractivity contribution in [3.8, 4) is 0 Å². The van der Waals surface area contributed by atoms with E-state index in [2.05, 4.69) is 15.2 Å². The van der Waals surface area contributed by atoms with Crippen LogP contribution in [0.5, 0.6) is 0 Å². The van der Waals surface area contributed by atoms with Crippen molar-refractivity contribution >= 4 is 39.9 Å². The predicted molar refractivity (Wildman–Crippen MR) is 116 cm³/mol. The Hall–Kier alpha value is -1.96. The van der Waals surface area contributed by atoms with Crippen LogP contribution in [0.3, 0.4) is 0 Å². The maximum Gasteiger partial charge on any atom is 0.257 e. The molecular formula is C21H25ClN4O2S. The summed E-state index contributed by atoms with van der Waals surface area (Å²) in [5.41, 5.74) is 1.21. The summed E-state index contributed by atoms with van der Waals surface area (Å²) in [7, 11) is 0. The third-order valence-corrected chi connectivity index (χ3v) is 6.78. The topological polar surface area (TPSA) is 65.5 Å². The van der Waals surface area contributed by atoms with Crippen molar-refractivity contribution in [3.05, 3.63) is 45.9 Å². The summed E-state index contributed by atoms with van der Waals surface area (Å²) in [5.74, 6) is -0.131. The van der Waals surface area contributed by atoms with E-state index in [0.717, 1.165) is 32.2 Å². The van der Waals surface area contributed by atoms with Gasteiger partial charge < -0.3 is 4.90 Å². The van der Waals surface area contributed by atoms with E-state index in [1.54, 1.807) is 24.3 Å². The fourth-order valence-corrected chi connectivity index (χ4v) is 4.92. The van der Waals surface area contributed by atoms with Crippen molar-refractivity contribution in [1.29, 1.82) is 0 Å². The van der Waals surface area contributed by atoms with Crippen LogP contribution in [0.1, 0.15) is 41.7 Å². The van der Waals surface area contributed by atoms with Crippen LogP contribution in [-0.2, 0) is 11.2 Å². The van der Waals surface area contributed by atoms with Gasteiger partial charge in [0.15, 0.2) is 5.13 Å². The molecule has 1 saturated heterocycles. The highest BCUT2D eigenvalue weighted by molar-refractivity contribution is 7.14. The number of carbonyl (C=O) groups is 2. The number of halogens is 1. The number of nitrogens with zero attached hydrogens (tertiary/aromatic N) is 3. The van der Waals surface area contributed by atoms with E-state index < -0.39 is 0 Å². The van der Waals surface area contributed by atoms with Crippen molar-refractivity contribution < 1.29 is 9.59 Å². The first-order chi connectivity index (χ1) is 14.1. The van der Waals surface area contributed by atoms with Gasteiger partial charge in [-0.1, -0.05) is 24.4 Å². The number of anilines is 1. The van der Waals surface area contributed by atoms with Gasteiger partial charge in [-0.2, -0.15) is 0 Å². The Labute approximate surface area is 179 Å². The summed E-state index contributed by atoms with van der Waals surface area (Å²) < 4.78 is 0. The van der Waals surface area contributed by atoms with Crippen LogP contribution in [0.2, 0.25) is 5.02 Å². The minimum atomic E-state index is -0.239. The van der Waals surface area contributed by atoms with Gasteiger partial charge in [0.2, 0.25) is 5.91 Å². The molecule has 0 unspecified atom stereocenters. The Kier molecular flexibility index (Phi) is 6.47. The maximum atomic E-state index is 12.7. The summed E-state index contributed by atoms with van der Waals surface area (Å²) in [5, 5.41) is 5.70. The summed E-state index contributed by atoms with van der Waals surface area (Å²) in [4.78, 5) is 33.8. The quantitative estimate of drug-likeness (QED) is 0.782. The lowest BCUT2D eigenvalue weighted by atomic mass is 10.1. The molecule has 1 aliphatic heterocycles. The van der Waals surface area contributed by atoms with Crippen LogP contribution in [0.15, 0.2) is 29.6 Å². The summed E-state index contributed by atoms with van der Waals surface area (Å²) in [6.45, 7) is 3.52. The van der Waals surface area contributed by atoms with Crippen LogP contribution in [0.4, 0.5) is 5.13 Å². The molecule has 1 aromatic carbocycles. The number of nitrogens with one attached hydrogen (secondary N) is 1. The minimum Gasteiger partial charge on any atom is -0.340 e. The van der Waals surface area contributed by atoms with Crippen molar-refractivity contribution in [2.75, 3.05) is 31.5 Å². The number of amides is 2. The average Bonchev–Trinajstić information content (AvgIpc) is 3.41. The first-order valence-corrected chi connectivity index (χ1v) is 11.4. The molecular weight excluding hydrogens is 408 g/mol. The van der Waals surface area contributed by atoms with Crippen LogP contribution in [-0.4, -0.2) is 58.8 Å². The number of rotatable bonds is 5. The first kappa shape index (κ1) is 20.3. The van der Waals surface area contributed by atoms with Gasteiger partial charge in [0.05, 0.1) is 12.1 Å². The highest BCUT2D eigenvalue weighted by Crippen LogP contribution is 2.24. The van der Waals surface area contributed by atoms with E-state index >= 15 is 0 Å². The van der Waals surface area contributed by atoms with Crippen LogP contribution >= 0.6 is 22.9 Å². The van der Waals surface area contributed by atoms with E-state index in [1.807, 2.05) is 10.3 Å². The molecule has 0 spiro atoms. The molecule has 2 heterocycles. The Balaban J connectivity index is 1.27. The summed E-state index contributed by atoms with van der Waals surface area (Å²) >= 11 is 7.19. The number of benzene rings is 1. The van der Waals surface area contributed by atoms with E-state index in [-0.39, 0.29) is 18.2 Å². The molecule has 1 saturated carbocycles. The van der Waals surface area contributed by atoms with Gasteiger partial charge in [-0.25, -0.2) is 4.98 Å². The van der Waals surface area contributed by atoms with Gasteiger partial charge in [0.1, 0.15) is 0 Å². The second kappa shape index (κ2) is 9.24.